The first-order chi connectivity index (χ1) is 5.57. The van der Waals surface area contributed by atoms with Crippen LogP contribution in [0.15, 0.2) is 12.7 Å². The number of nitrogens with one attached hydrogen (secondary N) is 1. The van der Waals surface area contributed by atoms with Gasteiger partial charge in [0.1, 0.15) is 6.04 Å². The smallest absolute Gasteiger partial charge is 0.321 e. The zero-order chi connectivity index (χ0) is 9.56. The topological polar surface area (TPSA) is 86.6 Å². The minimum absolute atomic E-state index is 0.282. The maximum absolute atomic E-state index is 10.4. The van der Waals surface area contributed by atoms with E-state index in [1.54, 1.807) is 0 Å². The van der Waals surface area contributed by atoms with Gasteiger partial charge >= 0.3 is 11.9 Å². The predicted octanol–water partition coefficient (Wildman–Crippen LogP) is -0.310. The first-order valence-electron chi connectivity index (χ1n) is 3.36. The number of carboxylic acid groups (broad SMARTS) is 2. The highest BCUT2D eigenvalue weighted by Gasteiger charge is 2.18. The number of rotatable bonds is 6. The van der Waals surface area contributed by atoms with Crippen molar-refractivity contribution in [2.75, 3.05) is 6.54 Å². The molecule has 0 aromatic carbocycles. The molecule has 0 radical (unpaired) electrons. The second-order valence-corrected chi connectivity index (χ2v) is 2.19. The van der Waals surface area contributed by atoms with E-state index in [2.05, 4.69) is 11.9 Å². The Labute approximate surface area is 69.7 Å². The standard InChI is InChI=1S/C7H11NO4/c1-2-3-8-5(7(11)12)4-6(9)10/h2,5,8H,1,3-4H2,(H,9,10)(H,11,12)/t5-/m0/s1. The molecule has 0 heterocycles. The fourth-order valence-corrected chi connectivity index (χ4v) is 0.647. The highest BCUT2D eigenvalue weighted by Crippen LogP contribution is 1.91. The van der Waals surface area contributed by atoms with Gasteiger partial charge in [-0.2, -0.15) is 0 Å². The summed E-state index contributed by atoms with van der Waals surface area (Å²) >= 11 is 0. The van der Waals surface area contributed by atoms with Crippen molar-refractivity contribution in [1.29, 1.82) is 0 Å². The Balaban J connectivity index is 3.94. The minimum atomic E-state index is -1.17. The number of aliphatic carboxylic acids is 2. The van der Waals surface area contributed by atoms with Crippen molar-refractivity contribution in [3.63, 3.8) is 0 Å². The van der Waals surface area contributed by atoms with Gasteiger partial charge in [0, 0.05) is 6.54 Å². The maximum Gasteiger partial charge on any atom is 0.321 e. The van der Waals surface area contributed by atoms with E-state index in [0.29, 0.717) is 0 Å². The second-order valence-electron chi connectivity index (χ2n) is 2.19. The fourth-order valence-electron chi connectivity index (χ4n) is 0.647. The first-order valence-corrected chi connectivity index (χ1v) is 3.36. The summed E-state index contributed by atoms with van der Waals surface area (Å²) in [5.41, 5.74) is 0. The highest BCUT2D eigenvalue weighted by atomic mass is 16.4. The zero-order valence-electron chi connectivity index (χ0n) is 6.49. The molecule has 5 nitrogen and oxygen atoms in total. The van der Waals surface area contributed by atoms with E-state index in [1.807, 2.05) is 0 Å². The van der Waals surface area contributed by atoms with Gasteiger partial charge in [0.15, 0.2) is 0 Å². The Bertz CT molecular complexity index is 190. The molecule has 0 saturated carbocycles. The third kappa shape index (κ3) is 4.45. The predicted molar refractivity (Wildman–Crippen MR) is 41.9 cm³/mol. The molecule has 1 atom stereocenters. The van der Waals surface area contributed by atoms with E-state index in [9.17, 15) is 9.59 Å². The van der Waals surface area contributed by atoms with Crippen molar-refractivity contribution in [2.24, 2.45) is 0 Å². The van der Waals surface area contributed by atoms with Crippen LogP contribution in [-0.4, -0.2) is 34.7 Å². The Morgan fingerprint density at radius 1 is 1.50 bits per heavy atom. The van der Waals surface area contributed by atoms with Crippen LogP contribution in [0.5, 0.6) is 0 Å². The van der Waals surface area contributed by atoms with Crippen LogP contribution < -0.4 is 5.32 Å². The van der Waals surface area contributed by atoms with Crippen molar-refractivity contribution in [2.45, 2.75) is 12.5 Å². The molecule has 0 unspecified atom stereocenters. The van der Waals surface area contributed by atoms with Crippen molar-refractivity contribution in [1.82, 2.24) is 5.32 Å². The molecule has 0 amide bonds. The molecule has 0 aromatic heterocycles. The van der Waals surface area contributed by atoms with Gasteiger partial charge in [0.2, 0.25) is 0 Å². The normalized spacial score (nSPS) is 12.0. The highest BCUT2D eigenvalue weighted by molar-refractivity contribution is 5.80. The largest absolute Gasteiger partial charge is 0.481 e. The quantitative estimate of drug-likeness (QED) is 0.479. The molecule has 0 aromatic rings. The lowest BCUT2D eigenvalue weighted by Crippen LogP contribution is -2.38. The SMILES string of the molecule is C=CCN[C@@H](CC(=O)O)C(=O)O. The van der Waals surface area contributed by atoms with Crippen LogP contribution in [-0.2, 0) is 9.59 Å². The Kier molecular flexibility index (Phi) is 4.71. The summed E-state index contributed by atoms with van der Waals surface area (Å²) in [6.07, 6.45) is 1.04. The van der Waals surface area contributed by atoms with Crippen LogP contribution in [0.1, 0.15) is 6.42 Å². The second kappa shape index (κ2) is 5.31. The van der Waals surface area contributed by atoms with E-state index >= 15 is 0 Å². The van der Waals surface area contributed by atoms with Gasteiger partial charge in [-0.05, 0) is 0 Å². The average Bonchev–Trinajstić information content (AvgIpc) is 1.96. The first kappa shape index (κ1) is 10.6. The summed E-state index contributed by atoms with van der Waals surface area (Å²) in [6, 6.07) is -1.04. The van der Waals surface area contributed by atoms with Crippen LogP contribution >= 0.6 is 0 Å². The maximum atomic E-state index is 10.4. The molecule has 12 heavy (non-hydrogen) atoms. The van der Waals surface area contributed by atoms with E-state index in [-0.39, 0.29) is 6.54 Å². The van der Waals surface area contributed by atoms with Gasteiger partial charge in [-0.1, -0.05) is 6.08 Å². The zero-order valence-corrected chi connectivity index (χ0v) is 6.49. The molecule has 3 N–H and O–H groups in total. The van der Waals surface area contributed by atoms with Crippen LogP contribution in [0, 0.1) is 0 Å². The van der Waals surface area contributed by atoms with Gasteiger partial charge in [0.25, 0.3) is 0 Å². The molecule has 0 aliphatic heterocycles. The molecule has 0 rings (SSSR count). The third-order valence-electron chi connectivity index (χ3n) is 1.19. The molecule has 0 aliphatic carbocycles. The molecule has 5 heteroatoms. The van der Waals surface area contributed by atoms with Gasteiger partial charge < -0.3 is 15.5 Å². The van der Waals surface area contributed by atoms with Gasteiger partial charge in [-0.25, -0.2) is 0 Å². The van der Waals surface area contributed by atoms with E-state index < -0.39 is 24.4 Å². The summed E-state index contributed by atoms with van der Waals surface area (Å²) in [6.45, 7) is 3.65. The summed E-state index contributed by atoms with van der Waals surface area (Å²) in [4.78, 5) is 20.5. The molecule has 0 aliphatic rings. The molecule has 0 spiro atoms. The lowest BCUT2D eigenvalue weighted by molar-refractivity contribution is -0.145. The molecular formula is C7H11NO4. The summed E-state index contributed by atoms with van der Waals surface area (Å²) in [5, 5.41) is 19.3. The third-order valence-corrected chi connectivity index (χ3v) is 1.19. The van der Waals surface area contributed by atoms with Crippen molar-refractivity contribution in [3.8, 4) is 0 Å². The van der Waals surface area contributed by atoms with Crippen LogP contribution in [0.4, 0.5) is 0 Å². The molecule has 68 valence electrons. The lowest BCUT2D eigenvalue weighted by atomic mass is 10.2. The number of hydrogen-bond acceptors (Lipinski definition) is 3. The monoisotopic (exact) mass is 173 g/mol. The van der Waals surface area contributed by atoms with Gasteiger partial charge in [-0.3, -0.25) is 9.59 Å². The van der Waals surface area contributed by atoms with Crippen molar-refractivity contribution in [3.05, 3.63) is 12.7 Å². The van der Waals surface area contributed by atoms with Crippen LogP contribution in [0.2, 0.25) is 0 Å². The van der Waals surface area contributed by atoms with Gasteiger partial charge in [-0.15, -0.1) is 6.58 Å². The Morgan fingerprint density at radius 2 is 2.08 bits per heavy atom. The minimum Gasteiger partial charge on any atom is -0.481 e. The molecular weight excluding hydrogens is 162 g/mol. The Morgan fingerprint density at radius 3 is 2.42 bits per heavy atom. The van der Waals surface area contributed by atoms with Gasteiger partial charge in [0.05, 0.1) is 6.42 Å². The molecule has 0 saturated heterocycles. The van der Waals surface area contributed by atoms with Crippen molar-refractivity contribution < 1.29 is 19.8 Å². The number of carbonyl (C=O) groups is 2. The summed E-state index contributed by atoms with van der Waals surface area (Å²) in [5.74, 6) is -2.31. The van der Waals surface area contributed by atoms with Crippen LogP contribution in [0.25, 0.3) is 0 Å². The number of carboxylic acids is 2. The fraction of sp³-hybridized carbons (Fsp3) is 0.429. The molecule has 0 bridgehead atoms. The lowest BCUT2D eigenvalue weighted by Gasteiger charge is -2.09. The summed E-state index contributed by atoms with van der Waals surface area (Å²) in [7, 11) is 0. The van der Waals surface area contributed by atoms with E-state index in [1.165, 1.54) is 6.08 Å². The van der Waals surface area contributed by atoms with E-state index in [4.69, 9.17) is 10.2 Å². The summed E-state index contributed by atoms with van der Waals surface area (Å²) < 4.78 is 0. The number of hydrogen-bond donors (Lipinski definition) is 3. The molecule has 0 fully saturated rings. The van der Waals surface area contributed by atoms with E-state index in [0.717, 1.165) is 0 Å². The average molecular weight is 173 g/mol. The Hall–Kier alpha value is -1.36. The van der Waals surface area contributed by atoms with Crippen LogP contribution in [0.3, 0.4) is 0 Å². The van der Waals surface area contributed by atoms with Crippen molar-refractivity contribution >= 4 is 11.9 Å².